The van der Waals surface area contributed by atoms with Crippen molar-refractivity contribution in [3.8, 4) is 0 Å². The first kappa shape index (κ1) is 23.3. The lowest BCUT2D eigenvalue weighted by molar-refractivity contribution is -0.137. The van der Waals surface area contributed by atoms with Gasteiger partial charge in [0.2, 0.25) is 15.9 Å². The van der Waals surface area contributed by atoms with Gasteiger partial charge >= 0.3 is 6.18 Å². The molecule has 31 heavy (non-hydrogen) atoms. The molecule has 1 amide bonds. The first-order valence-corrected chi connectivity index (χ1v) is 11.2. The van der Waals surface area contributed by atoms with Crippen molar-refractivity contribution in [1.29, 1.82) is 0 Å². The zero-order valence-electron chi connectivity index (χ0n) is 16.0. The van der Waals surface area contributed by atoms with Gasteiger partial charge in [0.1, 0.15) is 11.6 Å². The van der Waals surface area contributed by atoms with Gasteiger partial charge in [-0.3, -0.25) is 9.52 Å². The summed E-state index contributed by atoms with van der Waals surface area (Å²) in [5.41, 5.74) is -0.624. The van der Waals surface area contributed by atoms with Crippen molar-refractivity contribution < 1.29 is 30.8 Å². The van der Waals surface area contributed by atoms with Crippen LogP contribution in [0.15, 0.2) is 36.5 Å². The monoisotopic (exact) mass is 479 g/mol. The highest BCUT2D eigenvalue weighted by molar-refractivity contribution is 7.89. The quantitative estimate of drug-likeness (QED) is 0.661. The minimum atomic E-state index is -4.56. The molecule has 0 spiro atoms. The van der Waals surface area contributed by atoms with Crippen LogP contribution in [0.25, 0.3) is 0 Å². The summed E-state index contributed by atoms with van der Waals surface area (Å²) in [6.07, 6.45) is -3.31. The summed E-state index contributed by atoms with van der Waals surface area (Å²) >= 11 is 5.96. The van der Waals surface area contributed by atoms with Crippen molar-refractivity contribution in [2.24, 2.45) is 5.92 Å². The minimum Gasteiger partial charge on any atom is -0.355 e. The van der Waals surface area contributed by atoms with Gasteiger partial charge in [-0.25, -0.2) is 17.8 Å². The third-order valence-corrected chi connectivity index (χ3v) is 6.34. The molecule has 2 heterocycles. The van der Waals surface area contributed by atoms with E-state index in [0.29, 0.717) is 11.8 Å². The van der Waals surface area contributed by atoms with E-state index in [9.17, 15) is 30.8 Å². The molecule has 0 unspecified atom stereocenters. The van der Waals surface area contributed by atoms with Crippen LogP contribution in [0.2, 0.25) is 5.02 Å². The van der Waals surface area contributed by atoms with E-state index >= 15 is 0 Å². The number of hydrogen-bond donors (Lipinski definition) is 1. The fraction of sp³-hybridized carbons (Fsp3) is 0.368. The van der Waals surface area contributed by atoms with Crippen LogP contribution in [0.1, 0.15) is 24.0 Å². The lowest BCUT2D eigenvalue weighted by Gasteiger charge is -2.32. The predicted molar refractivity (Wildman–Crippen MR) is 106 cm³/mol. The molecular weight excluding hydrogens is 462 g/mol. The third kappa shape index (κ3) is 6.07. The molecular formula is C19H18ClF4N3O3S. The number of aromatic nitrogens is 1. The molecule has 0 radical (unpaired) electrons. The maximum atomic E-state index is 12.9. The Balaban J connectivity index is 1.58. The molecule has 1 aromatic carbocycles. The maximum absolute atomic E-state index is 12.9. The number of amides is 1. The molecule has 168 valence electrons. The molecule has 2 aromatic rings. The standard InChI is InChI=1S/C19H18ClF4N3O3S/c20-16-9-14(19(22,23)24)10-25-17(16)27-7-5-13(6-8-27)18(28)26-31(29,30)11-12-1-3-15(21)4-2-12/h1-4,9-10,13H,5-8,11H2,(H,26,28). The number of benzene rings is 1. The molecule has 12 heteroatoms. The minimum absolute atomic E-state index is 0.153. The zero-order valence-corrected chi connectivity index (χ0v) is 17.6. The Labute approximate surface area is 181 Å². The average molecular weight is 480 g/mol. The summed E-state index contributed by atoms with van der Waals surface area (Å²) in [5, 5.41) is -0.153. The predicted octanol–water partition coefficient (Wildman–Crippen LogP) is 3.76. The van der Waals surface area contributed by atoms with E-state index in [2.05, 4.69) is 4.98 Å². The molecule has 1 aliphatic heterocycles. The average Bonchev–Trinajstić information content (AvgIpc) is 2.68. The van der Waals surface area contributed by atoms with Crippen LogP contribution in [0.5, 0.6) is 0 Å². The van der Waals surface area contributed by atoms with Gasteiger partial charge in [-0.2, -0.15) is 13.2 Å². The van der Waals surface area contributed by atoms with Crippen molar-refractivity contribution in [2.75, 3.05) is 18.0 Å². The van der Waals surface area contributed by atoms with Gasteiger partial charge in [0.15, 0.2) is 0 Å². The fourth-order valence-electron chi connectivity index (χ4n) is 3.24. The van der Waals surface area contributed by atoms with Crippen molar-refractivity contribution in [3.63, 3.8) is 0 Å². The number of nitrogens with zero attached hydrogens (tertiary/aromatic N) is 2. The second kappa shape index (κ2) is 8.99. The lowest BCUT2D eigenvalue weighted by atomic mass is 9.96. The summed E-state index contributed by atoms with van der Waals surface area (Å²) in [7, 11) is -3.96. The van der Waals surface area contributed by atoms with Gasteiger partial charge in [-0.05, 0) is 36.6 Å². The number of halogens is 5. The summed E-state index contributed by atoms with van der Waals surface area (Å²) in [6.45, 7) is 0.544. The molecule has 6 nitrogen and oxygen atoms in total. The number of carbonyl (C=O) groups is 1. The number of carbonyl (C=O) groups excluding carboxylic acids is 1. The van der Waals surface area contributed by atoms with E-state index in [4.69, 9.17) is 11.6 Å². The zero-order chi connectivity index (χ0) is 22.8. The smallest absolute Gasteiger partial charge is 0.355 e. The van der Waals surface area contributed by atoms with Crippen LogP contribution in [-0.2, 0) is 26.7 Å². The topological polar surface area (TPSA) is 79.4 Å². The Morgan fingerprint density at radius 1 is 1.19 bits per heavy atom. The van der Waals surface area contributed by atoms with Gasteiger partial charge in [-0.15, -0.1) is 0 Å². The van der Waals surface area contributed by atoms with E-state index < -0.39 is 45.2 Å². The number of rotatable bonds is 5. The molecule has 1 fully saturated rings. The highest BCUT2D eigenvalue weighted by Crippen LogP contribution is 2.34. The van der Waals surface area contributed by atoms with Crippen molar-refractivity contribution in [3.05, 3.63) is 58.5 Å². The number of piperidine rings is 1. The number of sulfonamides is 1. The van der Waals surface area contributed by atoms with Crippen LogP contribution >= 0.6 is 11.6 Å². The normalized spacial score (nSPS) is 15.7. The van der Waals surface area contributed by atoms with Crippen LogP contribution in [-0.4, -0.2) is 32.4 Å². The van der Waals surface area contributed by atoms with Crippen LogP contribution < -0.4 is 9.62 Å². The molecule has 3 rings (SSSR count). The van der Waals surface area contributed by atoms with E-state index in [1.165, 1.54) is 12.1 Å². The second-order valence-corrected chi connectivity index (χ2v) is 9.27. The fourth-order valence-corrected chi connectivity index (χ4v) is 4.71. The van der Waals surface area contributed by atoms with E-state index in [0.717, 1.165) is 18.2 Å². The lowest BCUT2D eigenvalue weighted by Crippen LogP contribution is -2.43. The van der Waals surface area contributed by atoms with Gasteiger partial charge in [-0.1, -0.05) is 23.7 Å². The summed E-state index contributed by atoms with van der Waals surface area (Å²) in [6, 6.07) is 5.69. The summed E-state index contributed by atoms with van der Waals surface area (Å²) < 4.78 is 77.7. The van der Waals surface area contributed by atoms with Crippen molar-refractivity contribution in [2.45, 2.75) is 24.8 Å². The molecule has 1 aliphatic rings. The highest BCUT2D eigenvalue weighted by Gasteiger charge is 2.33. The number of alkyl halides is 3. The van der Waals surface area contributed by atoms with E-state index in [1.807, 2.05) is 4.72 Å². The maximum Gasteiger partial charge on any atom is 0.417 e. The Hall–Kier alpha value is -2.40. The Morgan fingerprint density at radius 2 is 1.81 bits per heavy atom. The van der Waals surface area contributed by atoms with Crippen LogP contribution in [0.4, 0.5) is 23.4 Å². The first-order chi connectivity index (χ1) is 14.4. The summed E-state index contributed by atoms with van der Waals surface area (Å²) in [4.78, 5) is 17.8. The van der Waals surface area contributed by atoms with E-state index in [-0.39, 0.29) is 36.8 Å². The summed E-state index contributed by atoms with van der Waals surface area (Å²) in [5.74, 6) is -2.04. The van der Waals surface area contributed by atoms with Crippen LogP contribution in [0, 0.1) is 11.7 Å². The van der Waals surface area contributed by atoms with Crippen LogP contribution in [0.3, 0.4) is 0 Å². The molecule has 1 saturated heterocycles. The molecule has 0 bridgehead atoms. The van der Waals surface area contributed by atoms with Gasteiger partial charge < -0.3 is 4.90 Å². The number of anilines is 1. The molecule has 0 atom stereocenters. The largest absolute Gasteiger partial charge is 0.417 e. The first-order valence-electron chi connectivity index (χ1n) is 9.21. The van der Waals surface area contributed by atoms with Gasteiger partial charge in [0.25, 0.3) is 0 Å². The Kier molecular flexibility index (Phi) is 6.75. The molecule has 1 N–H and O–H groups in total. The van der Waals surface area contributed by atoms with E-state index in [1.54, 1.807) is 4.90 Å². The van der Waals surface area contributed by atoms with Crippen molar-refractivity contribution in [1.82, 2.24) is 9.71 Å². The molecule has 0 aliphatic carbocycles. The molecule has 1 aromatic heterocycles. The second-order valence-electron chi connectivity index (χ2n) is 7.14. The Morgan fingerprint density at radius 3 is 2.35 bits per heavy atom. The highest BCUT2D eigenvalue weighted by atomic mass is 35.5. The van der Waals surface area contributed by atoms with Gasteiger partial charge in [0.05, 0.1) is 16.3 Å². The number of hydrogen-bond acceptors (Lipinski definition) is 5. The Bertz CT molecular complexity index is 1050. The van der Waals surface area contributed by atoms with Crippen molar-refractivity contribution >= 4 is 33.3 Å². The third-order valence-electron chi connectivity index (χ3n) is 4.84. The SMILES string of the molecule is O=C(NS(=O)(=O)Cc1ccc(F)cc1)C1CCN(c2ncc(C(F)(F)F)cc2Cl)CC1. The number of pyridine rings is 1. The van der Waals surface area contributed by atoms with Gasteiger partial charge in [0, 0.05) is 25.2 Å². The molecule has 0 saturated carbocycles. The number of nitrogens with one attached hydrogen (secondary N) is 1.